The fourth-order valence-electron chi connectivity index (χ4n) is 1.72. The molecule has 0 heterocycles. The molecule has 0 atom stereocenters. The molecule has 6 nitrogen and oxygen atoms in total. The molecule has 0 saturated heterocycles. The molecule has 0 fully saturated rings. The first-order chi connectivity index (χ1) is 9.97. The lowest BCUT2D eigenvalue weighted by molar-refractivity contribution is -0.383. The number of carbonyl (C=O) groups is 1. The number of benzene rings is 2. The van der Waals surface area contributed by atoms with E-state index < -0.39 is 10.2 Å². The number of anilines is 1. The second kappa shape index (κ2) is 6.27. The molecule has 0 bridgehead atoms. The molecule has 1 amide bonds. The smallest absolute Gasteiger partial charge is 0.293 e. The van der Waals surface area contributed by atoms with E-state index in [1.807, 2.05) is 0 Å². The lowest BCUT2D eigenvalue weighted by Gasteiger charge is -2.08. The standard InChI is InChI=1S/C14H12N2O4S/c1-9-3-2-4-12(16(19)20)13(9)15-14(18)21-11-7-5-10(17)6-8-11/h2-8,17H,1H3,(H,15,18). The van der Waals surface area contributed by atoms with Crippen LogP contribution in [-0.2, 0) is 0 Å². The van der Waals surface area contributed by atoms with Gasteiger partial charge in [0, 0.05) is 11.0 Å². The van der Waals surface area contributed by atoms with Crippen LogP contribution in [0.25, 0.3) is 0 Å². The highest BCUT2D eigenvalue weighted by Gasteiger charge is 2.18. The maximum atomic E-state index is 12.0. The SMILES string of the molecule is Cc1cccc([N+](=O)[O-])c1NC(=O)Sc1ccc(O)cc1. The van der Waals surface area contributed by atoms with Gasteiger partial charge in [0.25, 0.3) is 10.9 Å². The summed E-state index contributed by atoms with van der Waals surface area (Å²) in [7, 11) is 0. The summed E-state index contributed by atoms with van der Waals surface area (Å²) in [4.78, 5) is 23.0. The highest BCUT2D eigenvalue weighted by Crippen LogP contribution is 2.30. The first kappa shape index (κ1) is 14.9. The number of phenolic OH excluding ortho intramolecular Hbond substituents is 1. The van der Waals surface area contributed by atoms with Crippen LogP contribution in [0.5, 0.6) is 5.75 Å². The van der Waals surface area contributed by atoms with Crippen molar-refractivity contribution in [2.75, 3.05) is 5.32 Å². The Bertz CT molecular complexity index is 686. The lowest BCUT2D eigenvalue weighted by atomic mass is 10.2. The molecule has 0 spiro atoms. The Morgan fingerprint density at radius 2 is 1.90 bits per heavy atom. The molecule has 2 aromatic rings. The number of phenols is 1. The number of hydrogen-bond acceptors (Lipinski definition) is 5. The van der Waals surface area contributed by atoms with Gasteiger partial charge in [0.05, 0.1) is 4.92 Å². The minimum Gasteiger partial charge on any atom is -0.508 e. The number of nitrogens with zero attached hydrogens (tertiary/aromatic N) is 1. The Labute approximate surface area is 125 Å². The molecule has 0 aliphatic rings. The van der Waals surface area contributed by atoms with Crippen LogP contribution in [0.2, 0.25) is 0 Å². The second-order valence-electron chi connectivity index (χ2n) is 4.23. The predicted octanol–water partition coefficient (Wildman–Crippen LogP) is 3.93. The zero-order chi connectivity index (χ0) is 15.4. The van der Waals surface area contributed by atoms with Crippen molar-refractivity contribution < 1.29 is 14.8 Å². The molecule has 0 radical (unpaired) electrons. The van der Waals surface area contributed by atoms with E-state index in [1.54, 1.807) is 31.2 Å². The van der Waals surface area contributed by atoms with E-state index in [-0.39, 0.29) is 17.1 Å². The zero-order valence-corrected chi connectivity index (χ0v) is 11.9. The van der Waals surface area contributed by atoms with E-state index in [0.29, 0.717) is 10.5 Å². The summed E-state index contributed by atoms with van der Waals surface area (Å²) in [5.74, 6) is 0.106. The van der Waals surface area contributed by atoms with E-state index in [2.05, 4.69) is 5.32 Å². The monoisotopic (exact) mass is 304 g/mol. The van der Waals surface area contributed by atoms with Crippen LogP contribution < -0.4 is 5.32 Å². The summed E-state index contributed by atoms with van der Waals surface area (Å²) in [6, 6.07) is 10.7. The highest BCUT2D eigenvalue weighted by molar-refractivity contribution is 8.13. The van der Waals surface area contributed by atoms with Crippen LogP contribution in [0.1, 0.15) is 5.56 Å². The van der Waals surface area contributed by atoms with Gasteiger partial charge in [-0.1, -0.05) is 12.1 Å². The number of carbonyl (C=O) groups excluding carboxylic acids is 1. The average Bonchev–Trinajstić information content (AvgIpc) is 2.43. The summed E-state index contributed by atoms with van der Waals surface area (Å²) in [5.41, 5.74) is 0.664. The molecule has 0 aliphatic carbocycles. The van der Waals surface area contributed by atoms with Gasteiger partial charge in [0.2, 0.25) is 0 Å². The number of nitro groups is 1. The van der Waals surface area contributed by atoms with Gasteiger partial charge >= 0.3 is 0 Å². The summed E-state index contributed by atoms with van der Waals surface area (Å²) in [6.45, 7) is 1.69. The lowest BCUT2D eigenvalue weighted by Crippen LogP contribution is -2.08. The van der Waals surface area contributed by atoms with Gasteiger partial charge in [-0.2, -0.15) is 0 Å². The van der Waals surface area contributed by atoms with E-state index >= 15 is 0 Å². The largest absolute Gasteiger partial charge is 0.508 e. The second-order valence-corrected chi connectivity index (χ2v) is 5.28. The van der Waals surface area contributed by atoms with E-state index in [0.717, 1.165) is 11.8 Å². The van der Waals surface area contributed by atoms with E-state index in [9.17, 15) is 20.0 Å². The van der Waals surface area contributed by atoms with Crippen molar-refractivity contribution in [1.29, 1.82) is 0 Å². The number of aryl methyl sites for hydroxylation is 1. The minimum absolute atomic E-state index is 0.106. The van der Waals surface area contributed by atoms with Crippen LogP contribution in [-0.4, -0.2) is 15.3 Å². The third kappa shape index (κ3) is 3.73. The van der Waals surface area contributed by atoms with Crippen molar-refractivity contribution in [3.63, 3.8) is 0 Å². The molecule has 2 aromatic carbocycles. The van der Waals surface area contributed by atoms with Crippen LogP contribution in [0.3, 0.4) is 0 Å². The van der Waals surface area contributed by atoms with Gasteiger partial charge in [-0.05, 0) is 48.5 Å². The molecule has 0 unspecified atom stereocenters. The van der Waals surface area contributed by atoms with Gasteiger partial charge in [0.1, 0.15) is 11.4 Å². The Morgan fingerprint density at radius 3 is 2.52 bits per heavy atom. The first-order valence-corrected chi connectivity index (χ1v) is 6.81. The molecule has 7 heteroatoms. The van der Waals surface area contributed by atoms with E-state index in [1.165, 1.54) is 18.2 Å². The Morgan fingerprint density at radius 1 is 1.24 bits per heavy atom. The molecule has 2 rings (SSSR count). The van der Waals surface area contributed by atoms with Crippen LogP contribution >= 0.6 is 11.8 Å². The first-order valence-electron chi connectivity index (χ1n) is 5.99. The number of thioether (sulfide) groups is 1. The molecular formula is C14H12N2O4S. The van der Waals surface area contributed by atoms with Crippen LogP contribution in [0, 0.1) is 17.0 Å². The zero-order valence-electron chi connectivity index (χ0n) is 11.1. The predicted molar refractivity (Wildman–Crippen MR) is 80.8 cm³/mol. The van der Waals surface area contributed by atoms with Crippen molar-refractivity contribution in [2.45, 2.75) is 11.8 Å². The van der Waals surface area contributed by atoms with Crippen molar-refractivity contribution in [3.8, 4) is 5.75 Å². The molecule has 0 aliphatic heterocycles. The van der Waals surface area contributed by atoms with Gasteiger partial charge in [-0.15, -0.1) is 0 Å². The molecule has 21 heavy (non-hydrogen) atoms. The number of hydrogen-bond donors (Lipinski definition) is 2. The third-order valence-electron chi connectivity index (χ3n) is 2.72. The summed E-state index contributed by atoms with van der Waals surface area (Å²) in [5, 5.41) is 22.3. The van der Waals surface area contributed by atoms with Crippen molar-refractivity contribution in [3.05, 3.63) is 58.1 Å². The van der Waals surface area contributed by atoms with Crippen molar-refractivity contribution >= 4 is 28.4 Å². The number of nitro benzene ring substituents is 1. The number of aromatic hydroxyl groups is 1. The Hall–Kier alpha value is -2.54. The fourth-order valence-corrected chi connectivity index (χ4v) is 2.36. The number of amides is 1. The van der Waals surface area contributed by atoms with Crippen molar-refractivity contribution in [1.82, 2.24) is 0 Å². The average molecular weight is 304 g/mol. The van der Waals surface area contributed by atoms with Crippen LogP contribution in [0.15, 0.2) is 47.4 Å². The van der Waals surface area contributed by atoms with E-state index in [4.69, 9.17) is 0 Å². The van der Waals surface area contributed by atoms with Crippen molar-refractivity contribution in [2.24, 2.45) is 0 Å². The normalized spacial score (nSPS) is 10.1. The molecule has 2 N–H and O–H groups in total. The fraction of sp³-hybridized carbons (Fsp3) is 0.0714. The van der Waals surface area contributed by atoms with Gasteiger partial charge in [0.15, 0.2) is 0 Å². The van der Waals surface area contributed by atoms with Gasteiger partial charge in [-0.25, -0.2) is 0 Å². The summed E-state index contributed by atoms with van der Waals surface area (Å²) in [6.07, 6.45) is 0. The summed E-state index contributed by atoms with van der Waals surface area (Å²) < 4.78 is 0. The van der Waals surface area contributed by atoms with Gasteiger partial charge in [-0.3, -0.25) is 14.9 Å². The minimum atomic E-state index is -0.534. The summed E-state index contributed by atoms with van der Waals surface area (Å²) >= 11 is 0.893. The molecular weight excluding hydrogens is 292 g/mol. The number of nitrogens with one attached hydrogen (secondary N) is 1. The maximum absolute atomic E-state index is 12.0. The quantitative estimate of drug-likeness (QED) is 0.509. The topological polar surface area (TPSA) is 92.5 Å². The van der Waals surface area contributed by atoms with Crippen LogP contribution in [0.4, 0.5) is 16.2 Å². The number of rotatable bonds is 3. The number of para-hydroxylation sites is 1. The van der Waals surface area contributed by atoms with Gasteiger partial charge < -0.3 is 10.4 Å². The Kier molecular flexibility index (Phi) is 4.44. The molecule has 0 saturated carbocycles. The maximum Gasteiger partial charge on any atom is 0.293 e. The Balaban J connectivity index is 2.16. The molecule has 108 valence electrons. The highest BCUT2D eigenvalue weighted by atomic mass is 32.2. The molecule has 0 aromatic heterocycles. The third-order valence-corrected chi connectivity index (χ3v) is 3.52.